The first-order chi connectivity index (χ1) is 7.98. The maximum Gasteiger partial charge on any atom is 0.146 e. The molecule has 0 bridgehead atoms. The minimum absolute atomic E-state index is 0.122. The molecule has 1 aromatic rings. The minimum atomic E-state index is -1.45. The van der Waals surface area contributed by atoms with Crippen molar-refractivity contribution in [2.45, 2.75) is 31.5 Å². The summed E-state index contributed by atoms with van der Waals surface area (Å²) >= 11 is 2.99. The third-order valence-electron chi connectivity index (χ3n) is 3.04. The molecule has 0 aliphatic heterocycles. The molecular formula is C12H13BrF2O2. The van der Waals surface area contributed by atoms with E-state index in [0.29, 0.717) is 6.61 Å². The van der Waals surface area contributed by atoms with Gasteiger partial charge in [0.1, 0.15) is 17.2 Å². The van der Waals surface area contributed by atoms with Crippen molar-refractivity contribution in [1.29, 1.82) is 0 Å². The number of aliphatic hydroxyl groups is 1. The zero-order valence-corrected chi connectivity index (χ0v) is 10.9. The van der Waals surface area contributed by atoms with E-state index in [9.17, 15) is 13.9 Å². The van der Waals surface area contributed by atoms with Gasteiger partial charge in [0.15, 0.2) is 0 Å². The normalized spacial score (nSPS) is 27.9. The summed E-state index contributed by atoms with van der Waals surface area (Å²) in [5.74, 6) is -1.45. The molecule has 17 heavy (non-hydrogen) atoms. The van der Waals surface area contributed by atoms with Crippen LogP contribution in [0.2, 0.25) is 0 Å². The van der Waals surface area contributed by atoms with Crippen molar-refractivity contribution in [3.63, 3.8) is 0 Å². The molecule has 1 aliphatic carbocycles. The fourth-order valence-corrected chi connectivity index (χ4v) is 2.54. The molecule has 0 radical (unpaired) electrons. The van der Waals surface area contributed by atoms with Crippen molar-refractivity contribution >= 4 is 15.9 Å². The first kappa shape index (κ1) is 12.9. The molecule has 0 spiro atoms. The third kappa shape index (κ3) is 2.23. The number of ether oxygens (including phenoxy) is 1. The monoisotopic (exact) mass is 306 g/mol. The average Bonchev–Trinajstić information content (AvgIpc) is 2.22. The van der Waals surface area contributed by atoms with Crippen molar-refractivity contribution in [2.24, 2.45) is 0 Å². The van der Waals surface area contributed by atoms with Crippen LogP contribution in [-0.2, 0) is 10.3 Å². The van der Waals surface area contributed by atoms with Gasteiger partial charge in [-0.3, -0.25) is 0 Å². The van der Waals surface area contributed by atoms with Gasteiger partial charge in [-0.25, -0.2) is 8.78 Å². The Hall–Kier alpha value is -0.520. The lowest BCUT2D eigenvalue weighted by Gasteiger charge is -2.43. The summed E-state index contributed by atoms with van der Waals surface area (Å²) in [6, 6.07) is 2.44. The van der Waals surface area contributed by atoms with Crippen LogP contribution in [0.4, 0.5) is 8.78 Å². The Labute approximate surface area is 107 Å². The molecule has 1 aliphatic rings. The molecule has 0 aromatic heterocycles. The maximum absolute atomic E-state index is 13.8. The molecule has 1 N–H and O–H groups in total. The smallest absolute Gasteiger partial charge is 0.146 e. The molecule has 94 valence electrons. The molecule has 5 heteroatoms. The van der Waals surface area contributed by atoms with Gasteiger partial charge in [-0.1, -0.05) is 0 Å². The van der Waals surface area contributed by atoms with Crippen LogP contribution >= 0.6 is 15.9 Å². The summed E-state index contributed by atoms with van der Waals surface area (Å²) < 4.78 is 32.8. The van der Waals surface area contributed by atoms with E-state index in [1.807, 2.05) is 6.92 Å². The molecule has 0 atom stereocenters. The number of rotatable bonds is 3. The number of hydrogen-bond acceptors (Lipinski definition) is 2. The first-order valence-electron chi connectivity index (χ1n) is 5.46. The lowest BCUT2D eigenvalue weighted by molar-refractivity contribution is -0.145. The Morgan fingerprint density at radius 3 is 2.71 bits per heavy atom. The lowest BCUT2D eigenvalue weighted by atomic mass is 9.72. The predicted octanol–water partition coefficient (Wildman–Crippen LogP) is 3.11. The lowest BCUT2D eigenvalue weighted by Crippen LogP contribution is -2.47. The second-order valence-electron chi connectivity index (χ2n) is 4.24. The highest BCUT2D eigenvalue weighted by atomic mass is 79.9. The summed E-state index contributed by atoms with van der Waals surface area (Å²) in [4.78, 5) is 0. The van der Waals surface area contributed by atoms with Crippen molar-refractivity contribution in [1.82, 2.24) is 0 Å². The maximum atomic E-state index is 13.8. The number of hydrogen-bond donors (Lipinski definition) is 1. The fraction of sp³-hybridized carbons (Fsp3) is 0.500. The zero-order chi connectivity index (χ0) is 12.6. The summed E-state index contributed by atoms with van der Waals surface area (Å²) in [7, 11) is 0. The average molecular weight is 307 g/mol. The van der Waals surface area contributed by atoms with E-state index in [2.05, 4.69) is 15.9 Å². The Balaban J connectivity index is 2.27. The van der Waals surface area contributed by atoms with Gasteiger partial charge in [0.25, 0.3) is 0 Å². The molecule has 0 saturated heterocycles. The van der Waals surface area contributed by atoms with Gasteiger partial charge < -0.3 is 9.84 Å². The molecule has 2 nitrogen and oxygen atoms in total. The van der Waals surface area contributed by atoms with Gasteiger partial charge in [0.05, 0.1) is 16.1 Å². The molecule has 1 saturated carbocycles. The van der Waals surface area contributed by atoms with E-state index >= 15 is 0 Å². The summed E-state index contributed by atoms with van der Waals surface area (Å²) in [6.45, 7) is 2.38. The standard InChI is InChI=1S/C12H13BrF2O2/c1-2-17-7-5-12(16,6-7)10-9(14)4-3-8(13)11(10)15/h3-4,7,16H,2,5-6H2,1H3. The summed E-state index contributed by atoms with van der Waals surface area (Å²) in [5, 5.41) is 10.2. The SMILES string of the molecule is CCOC1CC(O)(c2c(F)ccc(Br)c2F)C1. The van der Waals surface area contributed by atoms with Crippen LogP contribution in [0.3, 0.4) is 0 Å². The Kier molecular flexibility index (Phi) is 3.52. The topological polar surface area (TPSA) is 29.5 Å². The molecule has 0 unspecified atom stereocenters. The third-order valence-corrected chi connectivity index (χ3v) is 3.65. The van der Waals surface area contributed by atoms with Crippen molar-refractivity contribution < 1.29 is 18.6 Å². The largest absolute Gasteiger partial charge is 0.385 e. The quantitative estimate of drug-likeness (QED) is 0.870. The van der Waals surface area contributed by atoms with E-state index in [-0.39, 0.29) is 29.0 Å². The van der Waals surface area contributed by atoms with Crippen LogP contribution in [0, 0.1) is 11.6 Å². The van der Waals surface area contributed by atoms with Crippen LogP contribution in [-0.4, -0.2) is 17.8 Å². The molecule has 2 rings (SSSR count). The van der Waals surface area contributed by atoms with Crippen LogP contribution in [0.25, 0.3) is 0 Å². The van der Waals surface area contributed by atoms with Crippen molar-refractivity contribution in [3.05, 3.63) is 33.8 Å². The second kappa shape index (κ2) is 4.63. The first-order valence-corrected chi connectivity index (χ1v) is 6.25. The van der Waals surface area contributed by atoms with Crippen molar-refractivity contribution in [2.75, 3.05) is 6.61 Å². The van der Waals surface area contributed by atoms with E-state index in [0.717, 1.165) is 6.07 Å². The molecule has 0 amide bonds. The Morgan fingerprint density at radius 1 is 1.47 bits per heavy atom. The van der Waals surface area contributed by atoms with Crippen LogP contribution in [0.15, 0.2) is 16.6 Å². The highest BCUT2D eigenvalue weighted by Crippen LogP contribution is 2.45. The number of halogens is 3. The fourth-order valence-electron chi connectivity index (χ4n) is 2.20. The highest BCUT2D eigenvalue weighted by Gasteiger charge is 2.48. The second-order valence-corrected chi connectivity index (χ2v) is 5.09. The zero-order valence-electron chi connectivity index (χ0n) is 9.34. The van der Waals surface area contributed by atoms with Crippen LogP contribution in [0.5, 0.6) is 0 Å². The van der Waals surface area contributed by atoms with Gasteiger partial charge in [-0.2, -0.15) is 0 Å². The minimum Gasteiger partial charge on any atom is -0.385 e. The van der Waals surface area contributed by atoms with Gasteiger partial charge in [0.2, 0.25) is 0 Å². The molecule has 1 fully saturated rings. The van der Waals surface area contributed by atoms with E-state index in [1.54, 1.807) is 0 Å². The van der Waals surface area contributed by atoms with E-state index in [4.69, 9.17) is 4.74 Å². The Bertz CT molecular complexity index is 431. The highest BCUT2D eigenvalue weighted by molar-refractivity contribution is 9.10. The van der Waals surface area contributed by atoms with Crippen molar-refractivity contribution in [3.8, 4) is 0 Å². The van der Waals surface area contributed by atoms with Gasteiger partial charge in [0, 0.05) is 19.4 Å². The van der Waals surface area contributed by atoms with Crippen LogP contribution in [0.1, 0.15) is 25.3 Å². The summed E-state index contributed by atoms with van der Waals surface area (Å²) in [6.07, 6.45) is 0.332. The molecular weight excluding hydrogens is 294 g/mol. The predicted molar refractivity (Wildman–Crippen MR) is 62.6 cm³/mol. The van der Waals surface area contributed by atoms with E-state index in [1.165, 1.54) is 6.07 Å². The number of benzene rings is 1. The molecule has 1 aromatic carbocycles. The van der Waals surface area contributed by atoms with Gasteiger partial charge >= 0.3 is 0 Å². The van der Waals surface area contributed by atoms with Gasteiger partial charge in [-0.15, -0.1) is 0 Å². The summed E-state index contributed by atoms with van der Waals surface area (Å²) in [5.41, 5.74) is -1.71. The van der Waals surface area contributed by atoms with E-state index < -0.39 is 17.2 Å². The molecule has 0 heterocycles. The van der Waals surface area contributed by atoms with Crippen LogP contribution < -0.4 is 0 Å². The Morgan fingerprint density at radius 2 is 2.12 bits per heavy atom. The van der Waals surface area contributed by atoms with Gasteiger partial charge in [-0.05, 0) is 35.0 Å².